The average Bonchev–Trinajstić information content (AvgIpc) is 2.75. The molecule has 0 radical (unpaired) electrons. The first-order chi connectivity index (χ1) is 8.20. The Morgan fingerprint density at radius 1 is 1.35 bits per heavy atom. The molecule has 0 aliphatic carbocycles. The van der Waals surface area contributed by atoms with Crippen LogP contribution in [0.1, 0.15) is 17.9 Å². The first-order valence-corrected chi connectivity index (χ1v) is 6.68. The average molecular weight is 316 g/mol. The Kier molecular flexibility index (Phi) is 4.18. The van der Waals surface area contributed by atoms with Gasteiger partial charge in [0.05, 0.1) is 5.56 Å². The zero-order valence-corrected chi connectivity index (χ0v) is 11.8. The lowest BCUT2D eigenvalue weighted by molar-refractivity contribution is 0.502. The van der Waals surface area contributed by atoms with Crippen LogP contribution in [0.25, 0.3) is 11.5 Å². The first kappa shape index (κ1) is 12.6. The number of aryl methyl sites for hydroxylation is 2. The topological polar surface area (TPSA) is 38.9 Å². The van der Waals surface area contributed by atoms with Gasteiger partial charge in [-0.15, -0.1) is 21.8 Å². The fraction of sp³-hybridized carbons (Fsp3) is 0.333. The highest BCUT2D eigenvalue weighted by Crippen LogP contribution is 2.28. The number of benzene rings is 1. The highest BCUT2D eigenvalue weighted by Gasteiger charge is 2.11. The van der Waals surface area contributed by atoms with Crippen LogP contribution in [0, 0.1) is 6.92 Å². The Morgan fingerprint density at radius 2 is 2.18 bits per heavy atom. The molecule has 2 aromatic rings. The third-order valence-corrected chi connectivity index (χ3v) is 3.27. The van der Waals surface area contributed by atoms with E-state index in [1.165, 1.54) is 5.56 Å². The van der Waals surface area contributed by atoms with E-state index < -0.39 is 0 Å². The molecule has 0 saturated carbocycles. The molecule has 5 heteroatoms. The van der Waals surface area contributed by atoms with Gasteiger partial charge in [-0.05, 0) is 47.0 Å². The number of aromatic nitrogens is 2. The van der Waals surface area contributed by atoms with E-state index in [-0.39, 0.29) is 0 Å². The Balaban J connectivity index is 2.24. The van der Waals surface area contributed by atoms with Gasteiger partial charge in [0, 0.05) is 16.8 Å². The lowest BCUT2D eigenvalue weighted by atomic mass is 10.1. The van der Waals surface area contributed by atoms with E-state index in [1.54, 1.807) is 0 Å². The molecule has 0 fully saturated rings. The Morgan fingerprint density at radius 3 is 2.88 bits per heavy atom. The fourth-order valence-corrected chi connectivity index (χ4v) is 2.27. The van der Waals surface area contributed by atoms with Crippen molar-refractivity contribution in [3.8, 4) is 11.5 Å². The number of rotatable bonds is 4. The number of alkyl halides is 1. The summed E-state index contributed by atoms with van der Waals surface area (Å²) in [5, 5.41) is 8.04. The second-order valence-corrected chi connectivity index (χ2v) is 5.01. The maximum Gasteiger partial charge on any atom is 0.248 e. The van der Waals surface area contributed by atoms with E-state index in [4.69, 9.17) is 16.0 Å². The van der Waals surface area contributed by atoms with Crippen LogP contribution in [0.5, 0.6) is 0 Å². The quantitative estimate of drug-likeness (QED) is 0.801. The fourth-order valence-electron chi connectivity index (χ4n) is 1.48. The highest BCUT2D eigenvalue weighted by molar-refractivity contribution is 9.10. The summed E-state index contributed by atoms with van der Waals surface area (Å²) in [6.45, 7) is 2.04. The standard InChI is InChI=1S/C12H12BrClN2O/c1-8-4-5-9(10(13)7-8)12-16-15-11(17-12)3-2-6-14/h4-5,7H,2-3,6H2,1H3. The minimum absolute atomic E-state index is 0.543. The zero-order valence-electron chi connectivity index (χ0n) is 9.41. The summed E-state index contributed by atoms with van der Waals surface area (Å²) < 4.78 is 6.54. The Bertz CT molecular complexity index is 513. The molecule has 0 N–H and O–H groups in total. The molecule has 0 aliphatic rings. The summed E-state index contributed by atoms with van der Waals surface area (Å²) in [6.07, 6.45) is 1.57. The van der Waals surface area contributed by atoms with Gasteiger partial charge < -0.3 is 4.42 Å². The predicted molar refractivity (Wildman–Crippen MR) is 71.2 cm³/mol. The van der Waals surface area contributed by atoms with E-state index in [0.717, 1.165) is 22.9 Å². The van der Waals surface area contributed by atoms with Crippen molar-refractivity contribution in [3.63, 3.8) is 0 Å². The lowest BCUT2D eigenvalue weighted by Crippen LogP contribution is -1.85. The number of hydrogen-bond donors (Lipinski definition) is 0. The van der Waals surface area contributed by atoms with E-state index >= 15 is 0 Å². The molecule has 17 heavy (non-hydrogen) atoms. The van der Waals surface area contributed by atoms with Crippen LogP contribution in [-0.2, 0) is 6.42 Å². The highest BCUT2D eigenvalue weighted by atomic mass is 79.9. The number of halogens is 2. The molecule has 1 aromatic heterocycles. The maximum absolute atomic E-state index is 5.62. The minimum atomic E-state index is 0.543. The molecule has 0 spiro atoms. The summed E-state index contributed by atoms with van der Waals surface area (Å²) in [5.74, 6) is 1.78. The van der Waals surface area contributed by atoms with Gasteiger partial charge in [-0.1, -0.05) is 6.07 Å². The molecular formula is C12H12BrClN2O. The van der Waals surface area contributed by atoms with Crippen LogP contribution in [0.4, 0.5) is 0 Å². The van der Waals surface area contributed by atoms with Gasteiger partial charge >= 0.3 is 0 Å². The summed E-state index contributed by atoms with van der Waals surface area (Å²) in [7, 11) is 0. The van der Waals surface area contributed by atoms with Gasteiger partial charge in [-0.25, -0.2) is 0 Å². The second kappa shape index (κ2) is 5.65. The zero-order chi connectivity index (χ0) is 12.3. The molecule has 0 atom stereocenters. The molecule has 90 valence electrons. The summed E-state index contributed by atoms with van der Waals surface area (Å²) in [6, 6.07) is 6.01. The van der Waals surface area contributed by atoms with Gasteiger partial charge in [0.2, 0.25) is 11.8 Å². The molecule has 0 bridgehead atoms. The molecule has 2 rings (SSSR count). The van der Waals surface area contributed by atoms with Crippen LogP contribution >= 0.6 is 27.5 Å². The molecule has 0 aliphatic heterocycles. The van der Waals surface area contributed by atoms with Gasteiger partial charge in [-0.2, -0.15) is 0 Å². The maximum atomic E-state index is 5.62. The van der Waals surface area contributed by atoms with Crippen LogP contribution < -0.4 is 0 Å². The molecule has 3 nitrogen and oxygen atoms in total. The van der Waals surface area contributed by atoms with Crippen molar-refractivity contribution < 1.29 is 4.42 Å². The normalized spacial score (nSPS) is 10.8. The molecule has 1 heterocycles. The van der Waals surface area contributed by atoms with Gasteiger partial charge in [0.1, 0.15) is 0 Å². The van der Waals surface area contributed by atoms with Crippen LogP contribution in [-0.4, -0.2) is 16.1 Å². The number of hydrogen-bond acceptors (Lipinski definition) is 3. The molecule has 1 aromatic carbocycles. The van der Waals surface area contributed by atoms with E-state index in [0.29, 0.717) is 17.7 Å². The van der Waals surface area contributed by atoms with Crippen molar-refractivity contribution >= 4 is 27.5 Å². The van der Waals surface area contributed by atoms with Crippen LogP contribution in [0.15, 0.2) is 27.1 Å². The smallest absolute Gasteiger partial charge is 0.248 e. The van der Waals surface area contributed by atoms with Crippen molar-refractivity contribution in [2.45, 2.75) is 19.8 Å². The molecule has 0 unspecified atom stereocenters. The minimum Gasteiger partial charge on any atom is -0.421 e. The van der Waals surface area contributed by atoms with E-state index in [1.807, 2.05) is 25.1 Å². The third-order valence-electron chi connectivity index (χ3n) is 2.35. The van der Waals surface area contributed by atoms with E-state index in [9.17, 15) is 0 Å². The van der Waals surface area contributed by atoms with Crippen molar-refractivity contribution in [2.24, 2.45) is 0 Å². The lowest BCUT2D eigenvalue weighted by Gasteiger charge is -2.00. The predicted octanol–water partition coefficient (Wildman–Crippen LogP) is 3.98. The summed E-state index contributed by atoms with van der Waals surface area (Å²) in [4.78, 5) is 0. The monoisotopic (exact) mass is 314 g/mol. The van der Waals surface area contributed by atoms with Crippen molar-refractivity contribution in [1.29, 1.82) is 0 Å². The molecule has 0 amide bonds. The van der Waals surface area contributed by atoms with Gasteiger partial charge in [-0.3, -0.25) is 0 Å². The largest absolute Gasteiger partial charge is 0.421 e. The second-order valence-electron chi connectivity index (χ2n) is 3.78. The Labute approximate surface area is 113 Å². The SMILES string of the molecule is Cc1ccc(-c2nnc(CCCCl)o2)c(Br)c1. The van der Waals surface area contributed by atoms with Gasteiger partial charge in [0.15, 0.2) is 0 Å². The Hall–Kier alpha value is -0.870. The van der Waals surface area contributed by atoms with E-state index in [2.05, 4.69) is 26.1 Å². The molecule has 0 saturated heterocycles. The first-order valence-electron chi connectivity index (χ1n) is 5.35. The molecular weight excluding hydrogens is 304 g/mol. The number of nitrogens with zero attached hydrogens (tertiary/aromatic N) is 2. The summed E-state index contributed by atoms with van der Waals surface area (Å²) in [5.41, 5.74) is 2.10. The van der Waals surface area contributed by atoms with Crippen molar-refractivity contribution in [3.05, 3.63) is 34.1 Å². The summed E-state index contributed by atoms with van der Waals surface area (Å²) >= 11 is 9.12. The van der Waals surface area contributed by atoms with Crippen LogP contribution in [0.2, 0.25) is 0 Å². The van der Waals surface area contributed by atoms with Crippen molar-refractivity contribution in [1.82, 2.24) is 10.2 Å². The van der Waals surface area contributed by atoms with Crippen molar-refractivity contribution in [2.75, 3.05) is 5.88 Å². The van der Waals surface area contributed by atoms with Gasteiger partial charge in [0.25, 0.3) is 0 Å². The third kappa shape index (κ3) is 3.07. The van der Waals surface area contributed by atoms with Crippen LogP contribution in [0.3, 0.4) is 0 Å².